The van der Waals surface area contributed by atoms with Gasteiger partial charge in [0.2, 0.25) is 23.6 Å². The Morgan fingerprint density at radius 1 is 0.402 bits per heavy atom. The Kier molecular flexibility index (Phi) is 21.2. The molecule has 6 aromatic carbocycles. The Labute approximate surface area is 533 Å². The molecule has 0 heterocycles. The van der Waals surface area contributed by atoms with Crippen LogP contribution in [0.1, 0.15) is 146 Å². The van der Waals surface area contributed by atoms with Crippen molar-refractivity contribution in [1.29, 1.82) is 0 Å². The van der Waals surface area contributed by atoms with Crippen molar-refractivity contribution in [3.05, 3.63) is 178 Å². The minimum absolute atomic E-state index is 0.0303. The fourth-order valence-corrected chi connectivity index (χ4v) is 11.5. The standard InChI is InChI=1S/C70H76N8O14/c1-69(2,3)91-65(85)71-35-19-17-31-55(77-67(87)89-39-51-45-25-11-7-21-41(45)42-22-8-12-26-46(42)51)63(83)73-37-57(79)75-53-33-34-54(60-59(53)61(81)49-29-15-16-30-50(49)62(60)82)76-58(80)38-74-64(84)56(32-18-20-36-72-66(86)92-70(4,5)6)78-68(88)90-40-52-47-27-13-9-23-43(47)44-24-10-14-28-48(44)52/h7-16,21-30,33-34,51-52,55-56H,17-20,31-32,35-40H2,1-6H3,(H,71,85)(H,72,86)(H,73,83)(H,74,84)(H,75,79)(H,76,80)(H,77,87)(H,78,88)/t55-,56-/m0/s1. The molecule has 8 amide bonds. The number of ketones is 2. The van der Waals surface area contributed by atoms with Crippen LogP contribution in [0.25, 0.3) is 22.3 Å². The highest BCUT2D eigenvalue weighted by Crippen LogP contribution is 2.46. The summed E-state index contributed by atoms with van der Waals surface area (Å²) in [6, 6.07) is 37.6. The molecule has 0 fully saturated rings. The predicted octanol–water partition coefficient (Wildman–Crippen LogP) is 9.78. The maximum Gasteiger partial charge on any atom is 0.407 e. The van der Waals surface area contributed by atoms with Crippen LogP contribution in [0.2, 0.25) is 0 Å². The SMILES string of the molecule is CC(C)(C)OC(=O)NCCCC[C@H](NC(=O)OCC1c2ccccc2-c2ccccc21)C(=O)NCC(=O)Nc1ccc(NC(=O)CNC(=O)[C@H](CCCCNC(=O)OC(C)(C)C)NC(=O)OCC2c3ccccc3-c3ccccc32)c2c1C(=O)c1ccccc1C2=O. The number of ether oxygens (including phenoxy) is 4. The molecule has 6 aromatic rings. The van der Waals surface area contributed by atoms with Crippen LogP contribution in [0.5, 0.6) is 0 Å². The van der Waals surface area contributed by atoms with Crippen molar-refractivity contribution >= 4 is 70.9 Å². The minimum Gasteiger partial charge on any atom is -0.449 e. The predicted molar refractivity (Wildman–Crippen MR) is 343 cm³/mol. The lowest BCUT2D eigenvalue weighted by molar-refractivity contribution is -0.126. The number of benzene rings is 6. The molecule has 3 aliphatic rings. The first kappa shape index (κ1) is 66.0. The Bertz CT molecular complexity index is 3480. The van der Waals surface area contributed by atoms with Crippen LogP contribution >= 0.6 is 0 Å². The van der Waals surface area contributed by atoms with Gasteiger partial charge in [0.1, 0.15) is 36.5 Å². The molecule has 3 aliphatic carbocycles. The van der Waals surface area contributed by atoms with Crippen LogP contribution in [0.3, 0.4) is 0 Å². The lowest BCUT2D eigenvalue weighted by atomic mass is 9.82. The van der Waals surface area contributed by atoms with Crippen LogP contribution < -0.4 is 42.5 Å². The van der Waals surface area contributed by atoms with Crippen LogP contribution in [-0.2, 0) is 38.1 Å². The summed E-state index contributed by atoms with van der Waals surface area (Å²) >= 11 is 0. The molecule has 0 saturated heterocycles. The van der Waals surface area contributed by atoms with Gasteiger partial charge >= 0.3 is 24.4 Å². The second kappa shape index (κ2) is 29.5. The normalized spacial score (nSPS) is 13.4. The molecule has 0 aliphatic heterocycles. The van der Waals surface area contributed by atoms with Crippen LogP contribution in [-0.4, -0.2) is 122 Å². The zero-order chi connectivity index (χ0) is 65.7. The van der Waals surface area contributed by atoms with Crippen LogP contribution in [0, 0.1) is 0 Å². The number of carbonyl (C=O) groups is 10. The van der Waals surface area contributed by atoms with Gasteiger partial charge in [-0.2, -0.15) is 0 Å². The average molecular weight is 1250 g/mol. The van der Waals surface area contributed by atoms with E-state index >= 15 is 0 Å². The van der Waals surface area contributed by atoms with Crippen molar-refractivity contribution in [3.8, 4) is 22.3 Å². The van der Waals surface area contributed by atoms with Gasteiger partial charge in [0, 0.05) is 36.1 Å². The highest BCUT2D eigenvalue weighted by atomic mass is 16.6. The molecule has 9 rings (SSSR count). The number of amides is 8. The Morgan fingerprint density at radius 3 is 1.04 bits per heavy atom. The first-order valence-electron chi connectivity index (χ1n) is 30.7. The third kappa shape index (κ3) is 16.7. The summed E-state index contributed by atoms with van der Waals surface area (Å²) in [5.41, 5.74) is 5.97. The molecule has 0 spiro atoms. The number of fused-ring (bicyclic) bond motifs is 8. The third-order valence-electron chi connectivity index (χ3n) is 15.6. The molecule has 8 N–H and O–H groups in total. The van der Waals surface area contributed by atoms with Crippen molar-refractivity contribution < 1.29 is 66.9 Å². The average Bonchev–Trinajstić information content (AvgIpc) is 0.826. The molecule has 2 atom stereocenters. The van der Waals surface area contributed by atoms with Crippen molar-refractivity contribution in [1.82, 2.24) is 31.9 Å². The second-order valence-corrected chi connectivity index (χ2v) is 24.5. The van der Waals surface area contributed by atoms with E-state index in [0.29, 0.717) is 25.7 Å². The highest BCUT2D eigenvalue weighted by Gasteiger charge is 2.36. The van der Waals surface area contributed by atoms with Crippen LogP contribution in [0.15, 0.2) is 133 Å². The quantitative estimate of drug-likeness (QED) is 0.0206. The van der Waals surface area contributed by atoms with E-state index in [2.05, 4.69) is 42.5 Å². The number of alkyl carbamates (subject to hydrolysis) is 4. The molecule has 0 bridgehead atoms. The summed E-state index contributed by atoms with van der Waals surface area (Å²) in [7, 11) is 0. The van der Waals surface area contributed by atoms with Crippen molar-refractivity contribution in [2.24, 2.45) is 0 Å². The van der Waals surface area contributed by atoms with E-state index in [1.54, 1.807) is 53.7 Å². The fourth-order valence-electron chi connectivity index (χ4n) is 11.5. The molecule has 22 nitrogen and oxygen atoms in total. The molecular formula is C70H76N8O14. The van der Waals surface area contributed by atoms with Crippen molar-refractivity contribution in [3.63, 3.8) is 0 Å². The van der Waals surface area contributed by atoms with E-state index in [4.69, 9.17) is 18.9 Å². The number of nitrogens with one attached hydrogen (secondary N) is 8. The molecular weight excluding hydrogens is 1180 g/mol. The van der Waals surface area contributed by atoms with Crippen molar-refractivity contribution in [2.75, 3.05) is 50.0 Å². The number of anilines is 2. The summed E-state index contributed by atoms with van der Waals surface area (Å²) in [5.74, 6) is -4.96. The topological polar surface area (TPSA) is 304 Å². The molecule has 0 aromatic heterocycles. The maximum atomic E-state index is 14.4. The second-order valence-electron chi connectivity index (χ2n) is 24.5. The number of unbranched alkanes of at least 4 members (excludes halogenated alkanes) is 2. The van der Waals surface area contributed by atoms with E-state index in [9.17, 15) is 47.9 Å². The molecule has 92 heavy (non-hydrogen) atoms. The number of hydrogen-bond donors (Lipinski definition) is 8. The number of hydrogen-bond acceptors (Lipinski definition) is 14. The third-order valence-corrected chi connectivity index (χ3v) is 15.6. The van der Waals surface area contributed by atoms with E-state index in [0.717, 1.165) is 44.5 Å². The summed E-state index contributed by atoms with van der Waals surface area (Å²) in [6.07, 6.45) is -1.38. The minimum atomic E-state index is -1.21. The largest absolute Gasteiger partial charge is 0.449 e. The Hall–Kier alpha value is -10.4. The summed E-state index contributed by atoms with van der Waals surface area (Å²) in [6.45, 7) is 9.45. The first-order chi connectivity index (χ1) is 44.0. The van der Waals surface area contributed by atoms with E-state index in [-0.39, 0.29) is 84.6 Å². The smallest absolute Gasteiger partial charge is 0.407 e. The lowest BCUT2D eigenvalue weighted by Gasteiger charge is -2.24. The number of carbonyl (C=O) groups excluding carboxylic acids is 10. The summed E-state index contributed by atoms with van der Waals surface area (Å²) < 4.78 is 22.2. The summed E-state index contributed by atoms with van der Waals surface area (Å²) in [4.78, 5) is 136. The maximum absolute atomic E-state index is 14.4. The molecule has 0 unspecified atom stereocenters. The Morgan fingerprint density at radius 2 is 0.717 bits per heavy atom. The van der Waals surface area contributed by atoms with Gasteiger partial charge < -0.3 is 61.5 Å². The zero-order valence-electron chi connectivity index (χ0n) is 52.2. The lowest BCUT2D eigenvalue weighted by Crippen LogP contribution is -2.48. The van der Waals surface area contributed by atoms with Gasteiger partial charge in [-0.3, -0.25) is 28.8 Å². The fraction of sp³-hybridized carbons (Fsp3) is 0.343. The van der Waals surface area contributed by atoms with Gasteiger partial charge in [-0.05, 0) is 137 Å². The Balaban J connectivity index is 0.844. The van der Waals surface area contributed by atoms with E-state index in [1.807, 2.05) is 97.1 Å². The van der Waals surface area contributed by atoms with E-state index < -0.39 is 95.9 Å². The highest BCUT2D eigenvalue weighted by molar-refractivity contribution is 6.32. The van der Waals surface area contributed by atoms with Crippen LogP contribution in [0.4, 0.5) is 30.6 Å². The van der Waals surface area contributed by atoms with E-state index in [1.165, 1.54) is 24.3 Å². The van der Waals surface area contributed by atoms with Gasteiger partial charge in [0.15, 0.2) is 11.6 Å². The molecule has 480 valence electrons. The van der Waals surface area contributed by atoms with Crippen molar-refractivity contribution in [2.45, 2.75) is 115 Å². The van der Waals surface area contributed by atoms with Gasteiger partial charge in [0.25, 0.3) is 0 Å². The van der Waals surface area contributed by atoms with Gasteiger partial charge in [-0.1, -0.05) is 121 Å². The monoisotopic (exact) mass is 1250 g/mol. The first-order valence-corrected chi connectivity index (χ1v) is 30.7. The van der Waals surface area contributed by atoms with Gasteiger partial charge in [0.05, 0.1) is 35.6 Å². The van der Waals surface area contributed by atoms with Gasteiger partial charge in [-0.25, -0.2) is 19.2 Å². The molecule has 0 radical (unpaired) electrons. The zero-order valence-corrected chi connectivity index (χ0v) is 52.2. The van der Waals surface area contributed by atoms with Gasteiger partial charge in [-0.15, -0.1) is 0 Å². The summed E-state index contributed by atoms with van der Waals surface area (Å²) in [5, 5.41) is 21.0. The molecule has 22 heteroatoms. The molecule has 0 saturated carbocycles. The number of rotatable bonds is 24.